The number of urea groups is 1. The van der Waals surface area contributed by atoms with Crippen LogP contribution < -0.4 is 10.6 Å². The number of benzene rings is 3. The molecule has 44 heavy (non-hydrogen) atoms. The summed E-state index contributed by atoms with van der Waals surface area (Å²) in [6.45, 7) is 2.73. The van der Waals surface area contributed by atoms with Crippen LogP contribution in [0.5, 0.6) is 0 Å². The number of aromatic carboxylic acids is 1. The normalized spacial score (nSPS) is 19.7. The molecule has 4 N–H and O–H groups in total. The van der Waals surface area contributed by atoms with E-state index in [1.807, 2.05) is 85.8 Å². The Labute approximate surface area is 260 Å². The maximum Gasteiger partial charge on any atom is 0.338 e. The summed E-state index contributed by atoms with van der Waals surface area (Å²) in [5, 5.41) is 25.3. The number of ether oxygens (including phenoxy) is 2. The summed E-state index contributed by atoms with van der Waals surface area (Å²) in [6, 6.07) is 28.4. The third-order valence-electron chi connectivity index (χ3n) is 7.40. The minimum absolute atomic E-state index is 0.0593. The van der Waals surface area contributed by atoms with Gasteiger partial charge in [0.1, 0.15) is 5.03 Å². The van der Waals surface area contributed by atoms with Gasteiger partial charge in [-0.3, -0.25) is 0 Å². The second-order valence-electron chi connectivity index (χ2n) is 10.3. The zero-order valence-corrected chi connectivity index (χ0v) is 25.1. The molecule has 1 saturated heterocycles. The molecule has 4 unspecified atom stereocenters. The number of hydrogen-bond donors (Lipinski definition) is 4. The molecule has 1 aromatic heterocycles. The largest absolute Gasteiger partial charge is 0.478 e. The van der Waals surface area contributed by atoms with Crippen LogP contribution in [0, 0.1) is 0 Å². The van der Waals surface area contributed by atoms with Crippen LogP contribution in [0.25, 0.3) is 0 Å². The molecule has 4 atom stereocenters. The summed E-state index contributed by atoms with van der Waals surface area (Å²) in [6.07, 6.45) is 0.0871. The molecule has 3 aromatic carbocycles. The van der Waals surface area contributed by atoms with Crippen LogP contribution in [0.15, 0.2) is 102 Å². The highest BCUT2D eigenvalue weighted by atomic mass is 32.2. The zero-order valence-electron chi connectivity index (χ0n) is 24.3. The summed E-state index contributed by atoms with van der Waals surface area (Å²) >= 11 is 1.34. The number of aliphatic hydroxyl groups is 1. The van der Waals surface area contributed by atoms with Gasteiger partial charge in [-0.2, -0.15) is 0 Å². The minimum atomic E-state index is -1.03. The average Bonchev–Trinajstić information content (AvgIpc) is 3.07. The van der Waals surface area contributed by atoms with Crippen LogP contribution in [-0.2, 0) is 22.6 Å². The van der Waals surface area contributed by atoms with E-state index in [9.17, 15) is 19.8 Å². The van der Waals surface area contributed by atoms with Crippen molar-refractivity contribution in [1.29, 1.82) is 0 Å². The number of hydrogen-bond acceptors (Lipinski definition) is 7. The first-order valence-corrected chi connectivity index (χ1v) is 15.4. The van der Waals surface area contributed by atoms with Gasteiger partial charge >= 0.3 is 12.0 Å². The van der Waals surface area contributed by atoms with Crippen molar-refractivity contribution in [3.8, 4) is 0 Å². The lowest BCUT2D eigenvalue weighted by Gasteiger charge is -2.43. The number of pyridine rings is 1. The summed E-state index contributed by atoms with van der Waals surface area (Å²) in [5.41, 5.74) is 4.65. The van der Waals surface area contributed by atoms with Gasteiger partial charge in [-0.05, 0) is 41.3 Å². The highest BCUT2D eigenvalue weighted by Gasteiger charge is 2.42. The van der Waals surface area contributed by atoms with E-state index in [1.165, 1.54) is 11.8 Å². The van der Waals surface area contributed by atoms with Crippen LogP contribution in [0.1, 0.15) is 63.4 Å². The summed E-state index contributed by atoms with van der Waals surface area (Å²) in [4.78, 5) is 28.1. The molecule has 5 rings (SSSR count). The minimum Gasteiger partial charge on any atom is -0.478 e. The number of nitrogens with one attached hydrogen (secondary N) is 2. The van der Waals surface area contributed by atoms with Crippen LogP contribution in [0.4, 0.5) is 4.79 Å². The molecule has 4 aromatic rings. The van der Waals surface area contributed by atoms with Gasteiger partial charge in [-0.15, -0.1) is 11.8 Å². The van der Waals surface area contributed by atoms with Crippen molar-refractivity contribution in [2.24, 2.45) is 0 Å². The Bertz CT molecular complexity index is 1540. The molecule has 2 amide bonds. The van der Waals surface area contributed by atoms with Crippen molar-refractivity contribution in [1.82, 2.24) is 15.6 Å². The van der Waals surface area contributed by atoms with E-state index in [2.05, 4.69) is 15.6 Å². The van der Waals surface area contributed by atoms with E-state index in [0.29, 0.717) is 23.9 Å². The summed E-state index contributed by atoms with van der Waals surface area (Å²) in [5.74, 6) is -0.830. The Kier molecular flexibility index (Phi) is 10.6. The molecule has 10 heteroatoms. The van der Waals surface area contributed by atoms with E-state index in [4.69, 9.17) is 9.47 Å². The molecule has 1 aliphatic rings. The Morgan fingerprint density at radius 2 is 1.55 bits per heavy atom. The fourth-order valence-corrected chi connectivity index (χ4v) is 6.23. The number of amides is 2. The summed E-state index contributed by atoms with van der Waals surface area (Å²) < 4.78 is 13.4. The van der Waals surface area contributed by atoms with Crippen molar-refractivity contribution in [2.45, 2.75) is 49.5 Å². The quantitative estimate of drug-likeness (QED) is 0.156. The van der Waals surface area contributed by atoms with Crippen molar-refractivity contribution in [3.05, 3.63) is 131 Å². The Morgan fingerprint density at radius 3 is 2.23 bits per heavy atom. The van der Waals surface area contributed by atoms with E-state index in [0.717, 1.165) is 27.8 Å². The monoisotopic (exact) mass is 613 g/mol. The van der Waals surface area contributed by atoms with Gasteiger partial charge in [0.2, 0.25) is 0 Å². The SMILES string of the molecule is CCNC(=O)NCc1ccc(C2OC(CSc3ncccc3C(=O)O)C(c3ccccc3)C(c3ccc(CO)cc3)O2)cc1. The second-order valence-corrected chi connectivity index (χ2v) is 11.3. The molecule has 0 aliphatic carbocycles. The summed E-state index contributed by atoms with van der Waals surface area (Å²) in [7, 11) is 0. The van der Waals surface area contributed by atoms with Crippen molar-refractivity contribution < 1.29 is 29.3 Å². The third kappa shape index (κ3) is 7.64. The number of thioether (sulfide) groups is 1. The number of carbonyl (C=O) groups excluding carboxylic acids is 1. The molecule has 0 bridgehead atoms. The molecular formula is C34H35N3O6S. The van der Waals surface area contributed by atoms with E-state index < -0.39 is 18.4 Å². The molecule has 228 valence electrons. The van der Waals surface area contributed by atoms with Crippen molar-refractivity contribution in [2.75, 3.05) is 12.3 Å². The first kappa shape index (κ1) is 31.2. The number of carboxylic acids is 1. The highest BCUT2D eigenvalue weighted by molar-refractivity contribution is 7.99. The Balaban J connectivity index is 1.47. The van der Waals surface area contributed by atoms with Gasteiger partial charge in [0.25, 0.3) is 0 Å². The topological polar surface area (TPSA) is 130 Å². The van der Waals surface area contributed by atoms with Gasteiger partial charge in [-0.25, -0.2) is 14.6 Å². The molecule has 0 saturated carbocycles. The van der Waals surface area contributed by atoms with E-state index in [-0.39, 0.29) is 30.2 Å². The van der Waals surface area contributed by atoms with Crippen LogP contribution in [-0.4, -0.2) is 45.6 Å². The number of aliphatic hydroxyl groups excluding tert-OH is 1. The molecule has 9 nitrogen and oxygen atoms in total. The predicted octanol–water partition coefficient (Wildman–Crippen LogP) is 5.82. The number of nitrogens with zero attached hydrogens (tertiary/aromatic N) is 1. The standard InChI is InChI=1S/C34H35N3O6S/c1-2-35-34(41)37-19-22-10-16-26(17-11-22)33-42-28(21-44-31-27(32(39)40)9-6-18-36-31)29(24-7-4-3-5-8-24)30(43-33)25-14-12-23(20-38)13-15-25/h3-18,28-30,33,38H,2,19-21H2,1H3,(H,39,40)(H2,35,37,41). The Morgan fingerprint density at radius 1 is 0.841 bits per heavy atom. The molecule has 1 aliphatic heterocycles. The average molecular weight is 614 g/mol. The third-order valence-corrected chi connectivity index (χ3v) is 8.49. The Hall–Kier alpha value is -4.22. The van der Waals surface area contributed by atoms with Gasteiger partial charge < -0.3 is 30.3 Å². The molecule has 1 fully saturated rings. The van der Waals surface area contributed by atoms with Crippen LogP contribution in [0.3, 0.4) is 0 Å². The lowest BCUT2D eigenvalue weighted by molar-refractivity contribution is -0.255. The van der Waals surface area contributed by atoms with Gasteiger partial charge in [0.15, 0.2) is 6.29 Å². The maximum absolute atomic E-state index is 11.9. The number of carbonyl (C=O) groups is 2. The van der Waals surface area contributed by atoms with Crippen molar-refractivity contribution >= 4 is 23.8 Å². The fourth-order valence-electron chi connectivity index (χ4n) is 5.18. The van der Waals surface area contributed by atoms with Crippen LogP contribution in [0.2, 0.25) is 0 Å². The van der Waals surface area contributed by atoms with Gasteiger partial charge in [0, 0.05) is 36.5 Å². The van der Waals surface area contributed by atoms with E-state index in [1.54, 1.807) is 18.3 Å². The number of rotatable bonds is 11. The molecule has 0 radical (unpaired) electrons. The molecule has 2 heterocycles. The lowest BCUT2D eigenvalue weighted by atomic mass is 9.84. The predicted molar refractivity (Wildman–Crippen MR) is 167 cm³/mol. The first-order chi connectivity index (χ1) is 21.5. The van der Waals surface area contributed by atoms with Gasteiger partial charge in [-0.1, -0.05) is 78.9 Å². The van der Waals surface area contributed by atoms with E-state index >= 15 is 0 Å². The highest BCUT2D eigenvalue weighted by Crippen LogP contribution is 2.48. The van der Waals surface area contributed by atoms with Crippen molar-refractivity contribution in [3.63, 3.8) is 0 Å². The maximum atomic E-state index is 11.9. The second kappa shape index (κ2) is 15.0. The molecule has 0 spiro atoms. The smallest absolute Gasteiger partial charge is 0.338 e. The zero-order chi connectivity index (χ0) is 30.9. The molecular weight excluding hydrogens is 578 g/mol. The fraction of sp³-hybridized carbons (Fsp3) is 0.265. The number of aromatic nitrogens is 1. The first-order valence-electron chi connectivity index (χ1n) is 14.4. The van der Waals surface area contributed by atoms with Gasteiger partial charge in [0.05, 0.1) is 24.4 Å². The number of carboxylic acid groups (broad SMARTS) is 1. The van der Waals surface area contributed by atoms with Crippen LogP contribution >= 0.6 is 11.8 Å². The lowest BCUT2D eigenvalue weighted by Crippen LogP contribution is -2.38.